The number of hydrogen-bond acceptors (Lipinski definition) is 1. The molecule has 0 radical (unpaired) electrons. The first kappa shape index (κ1) is 13.1. The van der Waals surface area contributed by atoms with Crippen LogP contribution in [0.4, 0.5) is 0 Å². The van der Waals surface area contributed by atoms with Crippen molar-refractivity contribution in [2.75, 3.05) is 7.05 Å². The Morgan fingerprint density at radius 2 is 2.13 bits per heavy atom. The molecule has 0 spiro atoms. The molecule has 0 aliphatic heterocycles. The maximum Gasteiger partial charge on any atom is 0.155 e. The Bertz CT molecular complexity index is 360. The average Bonchev–Trinajstić information content (AvgIpc) is 2.21. The van der Waals surface area contributed by atoms with Crippen LogP contribution in [-0.2, 0) is 0 Å². The third kappa shape index (κ3) is 5.45. The Hall–Kier alpha value is -1.86. The van der Waals surface area contributed by atoms with E-state index in [1.165, 1.54) is 0 Å². The van der Waals surface area contributed by atoms with Gasteiger partial charge in [0, 0.05) is 12.6 Å². The van der Waals surface area contributed by atoms with Crippen molar-refractivity contribution in [2.45, 2.75) is 13.8 Å². The van der Waals surface area contributed by atoms with E-state index in [1.54, 1.807) is 20.0 Å². The molecule has 3 nitrogen and oxygen atoms in total. The molecule has 0 heterocycles. The van der Waals surface area contributed by atoms with E-state index in [1.807, 2.05) is 25.2 Å². The Morgan fingerprint density at radius 1 is 1.47 bits per heavy atom. The average molecular weight is 203 g/mol. The van der Waals surface area contributed by atoms with Crippen LogP contribution in [0.5, 0.6) is 0 Å². The molecule has 0 amide bonds. The van der Waals surface area contributed by atoms with Gasteiger partial charge in [-0.1, -0.05) is 24.8 Å². The van der Waals surface area contributed by atoms with Gasteiger partial charge in [-0.3, -0.25) is 4.99 Å². The predicted molar refractivity (Wildman–Crippen MR) is 67.3 cm³/mol. The molecule has 0 aliphatic carbocycles. The van der Waals surface area contributed by atoms with E-state index in [0.717, 1.165) is 5.57 Å². The summed E-state index contributed by atoms with van der Waals surface area (Å²) >= 11 is 0. The lowest BCUT2D eigenvalue weighted by atomic mass is 10.2. The lowest BCUT2D eigenvalue weighted by Crippen LogP contribution is -2.10. The van der Waals surface area contributed by atoms with Crippen LogP contribution in [0.25, 0.3) is 0 Å². The van der Waals surface area contributed by atoms with E-state index in [4.69, 9.17) is 5.73 Å². The second kappa shape index (κ2) is 7.54. The van der Waals surface area contributed by atoms with Crippen LogP contribution in [0.15, 0.2) is 52.2 Å². The third-order valence-electron chi connectivity index (χ3n) is 1.55. The highest BCUT2D eigenvalue weighted by Gasteiger charge is 1.99. The topological polar surface area (TPSA) is 50.7 Å². The van der Waals surface area contributed by atoms with Crippen molar-refractivity contribution in [3.63, 3.8) is 0 Å². The quantitative estimate of drug-likeness (QED) is 0.325. The highest BCUT2D eigenvalue weighted by Crippen LogP contribution is 2.02. The van der Waals surface area contributed by atoms with E-state index in [2.05, 4.69) is 22.3 Å². The summed E-state index contributed by atoms with van der Waals surface area (Å²) in [5, 5.41) is 0. The van der Waals surface area contributed by atoms with Gasteiger partial charge in [-0.2, -0.15) is 0 Å². The molecule has 80 valence electrons. The molecule has 0 saturated carbocycles. The van der Waals surface area contributed by atoms with Crippen LogP contribution in [-0.4, -0.2) is 18.7 Å². The summed E-state index contributed by atoms with van der Waals surface area (Å²) in [5.41, 5.74) is 9.07. The minimum atomic E-state index is 0.489. The van der Waals surface area contributed by atoms with E-state index in [0.29, 0.717) is 11.7 Å². The fraction of sp³-hybridized carbons (Fsp3) is 0.250. The van der Waals surface area contributed by atoms with Crippen molar-refractivity contribution in [3.8, 4) is 0 Å². The Morgan fingerprint density at radius 3 is 2.53 bits per heavy atom. The van der Waals surface area contributed by atoms with Gasteiger partial charge < -0.3 is 5.73 Å². The monoisotopic (exact) mass is 203 g/mol. The molecule has 0 atom stereocenters. The molecule has 3 heteroatoms. The number of nitrogens with two attached hydrogens (primary N) is 1. The van der Waals surface area contributed by atoms with E-state index >= 15 is 0 Å². The first-order chi connectivity index (χ1) is 7.15. The first-order valence-electron chi connectivity index (χ1n) is 4.62. The van der Waals surface area contributed by atoms with E-state index < -0.39 is 0 Å². The lowest BCUT2D eigenvalue weighted by molar-refractivity contribution is 1.37. The van der Waals surface area contributed by atoms with Crippen LogP contribution in [0.3, 0.4) is 0 Å². The zero-order valence-corrected chi connectivity index (χ0v) is 9.49. The summed E-state index contributed by atoms with van der Waals surface area (Å²) in [6, 6.07) is 0. The van der Waals surface area contributed by atoms with Crippen molar-refractivity contribution in [1.29, 1.82) is 0 Å². The van der Waals surface area contributed by atoms with Gasteiger partial charge in [0.25, 0.3) is 0 Å². The highest BCUT2D eigenvalue weighted by molar-refractivity contribution is 6.07. The lowest BCUT2D eigenvalue weighted by Gasteiger charge is -2.00. The van der Waals surface area contributed by atoms with Crippen molar-refractivity contribution in [1.82, 2.24) is 0 Å². The number of nitrogens with zero attached hydrogens (tertiary/aromatic N) is 2. The zero-order chi connectivity index (χ0) is 11.7. The van der Waals surface area contributed by atoms with Crippen molar-refractivity contribution >= 4 is 11.7 Å². The SMILES string of the molecule is C=C=C/C=C\C(=C/C)C(N=C(C)N)=NC. The smallest absolute Gasteiger partial charge is 0.155 e. The molecule has 15 heavy (non-hydrogen) atoms. The molecule has 0 bridgehead atoms. The van der Waals surface area contributed by atoms with Crippen molar-refractivity contribution in [2.24, 2.45) is 15.7 Å². The number of hydrogen-bond donors (Lipinski definition) is 1. The number of amidine groups is 2. The Kier molecular flexibility index (Phi) is 6.60. The van der Waals surface area contributed by atoms with Gasteiger partial charge in [-0.05, 0) is 19.9 Å². The largest absolute Gasteiger partial charge is 0.387 e. The first-order valence-corrected chi connectivity index (χ1v) is 4.62. The number of rotatable bonds is 3. The van der Waals surface area contributed by atoms with Crippen molar-refractivity contribution in [3.05, 3.63) is 42.2 Å². The normalized spacial score (nSPS) is 14.2. The van der Waals surface area contributed by atoms with Gasteiger partial charge in [0.1, 0.15) is 0 Å². The summed E-state index contributed by atoms with van der Waals surface area (Å²) in [4.78, 5) is 8.18. The molecule has 2 N–H and O–H groups in total. The predicted octanol–water partition coefficient (Wildman–Crippen LogP) is 2.24. The minimum absolute atomic E-state index is 0.489. The summed E-state index contributed by atoms with van der Waals surface area (Å²) in [6.07, 6.45) is 7.35. The van der Waals surface area contributed by atoms with Gasteiger partial charge in [-0.15, -0.1) is 5.73 Å². The maximum absolute atomic E-state index is 5.50. The van der Waals surface area contributed by atoms with Crippen LogP contribution in [0.2, 0.25) is 0 Å². The number of aliphatic imine (C=N–C) groups is 2. The number of allylic oxidation sites excluding steroid dienone is 3. The van der Waals surface area contributed by atoms with Crippen LogP contribution in [0, 0.1) is 0 Å². The molecule has 0 aromatic heterocycles. The van der Waals surface area contributed by atoms with Gasteiger partial charge in [0.05, 0.1) is 5.84 Å². The molecule has 0 saturated heterocycles. The molecule has 0 aromatic carbocycles. The third-order valence-corrected chi connectivity index (χ3v) is 1.55. The summed E-state index contributed by atoms with van der Waals surface area (Å²) in [5.74, 6) is 1.11. The van der Waals surface area contributed by atoms with Gasteiger partial charge in [-0.25, -0.2) is 4.99 Å². The Labute approximate surface area is 91.1 Å². The standard InChI is InChI=1S/C12H17N3/c1-5-7-8-9-11(6-2)12(14-4)15-10(3)13/h6-9H,1H2,2-4H3,(H2,13,14,15)/b9-8-,11-6+. The van der Waals surface area contributed by atoms with Gasteiger partial charge >= 0.3 is 0 Å². The molecule has 0 rings (SSSR count). The summed E-state index contributed by atoms with van der Waals surface area (Å²) < 4.78 is 0. The molecule has 0 aliphatic rings. The minimum Gasteiger partial charge on any atom is -0.387 e. The fourth-order valence-electron chi connectivity index (χ4n) is 0.930. The second-order valence-electron chi connectivity index (χ2n) is 2.77. The summed E-state index contributed by atoms with van der Waals surface area (Å²) in [7, 11) is 1.68. The fourth-order valence-corrected chi connectivity index (χ4v) is 0.930. The highest BCUT2D eigenvalue weighted by atomic mass is 14.9. The zero-order valence-electron chi connectivity index (χ0n) is 9.49. The second-order valence-corrected chi connectivity index (χ2v) is 2.77. The molecule has 0 unspecified atom stereocenters. The van der Waals surface area contributed by atoms with Gasteiger partial charge in [0.2, 0.25) is 0 Å². The maximum atomic E-state index is 5.50. The molecule has 0 fully saturated rings. The molecule has 0 aromatic rings. The molecular formula is C12H17N3. The van der Waals surface area contributed by atoms with Gasteiger partial charge in [0.15, 0.2) is 5.84 Å². The van der Waals surface area contributed by atoms with Crippen molar-refractivity contribution < 1.29 is 0 Å². The van der Waals surface area contributed by atoms with Crippen LogP contribution >= 0.6 is 0 Å². The Balaban J connectivity index is 4.97. The van der Waals surface area contributed by atoms with Crippen LogP contribution < -0.4 is 5.73 Å². The van der Waals surface area contributed by atoms with Crippen LogP contribution in [0.1, 0.15) is 13.8 Å². The molecular weight excluding hydrogens is 186 g/mol. The summed E-state index contributed by atoms with van der Waals surface area (Å²) in [6.45, 7) is 7.12. The van der Waals surface area contributed by atoms with E-state index in [-0.39, 0.29) is 0 Å². The van der Waals surface area contributed by atoms with E-state index in [9.17, 15) is 0 Å².